The van der Waals surface area contributed by atoms with Crippen LogP contribution < -0.4 is 10.2 Å². The van der Waals surface area contributed by atoms with Gasteiger partial charge in [-0.25, -0.2) is 4.79 Å². The van der Waals surface area contributed by atoms with Crippen LogP contribution in [0.1, 0.15) is 17.9 Å². The summed E-state index contributed by atoms with van der Waals surface area (Å²) in [5, 5.41) is 11.8. The van der Waals surface area contributed by atoms with E-state index < -0.39 is 23.9 Å². The van der Waals surface area contributed by atoms with Gasteiger partial charge in [-0.15, -0.1) is 0 Å². The van der Waals surface area contributed by atoms with Gasteiger partial charge in [-0.05, 0) is 11.6 Å². The van der Waals surface area contributed by atoms with E-state index in [9.17, 15) is 19.5 Å². The molecular weight excluding hydrogens is 276 g/mol. The fraction of sp³-hybridized carbons (Fsp3) is 0.357. The third-order valence-corrected chi connectivity index (χ3v) is 3.34. The molecule has 1 heterocycles. The Morgan fingerprint density at radius 1 is 1.38 bits per heavy atom. The van der Waals surface area contributed by atoms with Gasteiger partial charge in [0.05, 0.1) is 13.5 Å². The van der Waals surface area contributed by atoms with E-state index in [-0.39, 0.29) is 19.5 Å². The Labute approximate surface area is 121 Å². The van der Waals surface area contributed by atoms with Crippen LogP contribution in [0.2, 0.25) is 0 Å². The molecule has 7 nitrogen and oxygen atoms in total. The minimum Gasteiger partial charge on any atom is -0.481 e. The van der Waals surface area contributed by atoms with Crippen LogP contribution in [0, 0.1) is 0 Å². The fourth-order valence-corrected chi connectivity index (χ4v) is 2.28. The molecular formula is C14H16N2O5. The minimum absolute atomic E-state index is 0.0695. The fourth-order valence-electron chi connectivity index (χ4n) is 2.28. The molecule has 0 radical (unpaired) electrons. The van der Waals surface area contributed by atoms with Crippen molar-refractivity contribution < 1.29 is 24.2 Å². The third-order valence-electron chi connectivity index (χ3n) is 3.34. The SMILES string of the molecule is COC(=O)CCNC(=O)N1CC(C(=O)O)c2ccccc21. The Kier molecular flexibility index (Phi) is 4.42. The number of carbonyl (C=O) groups excluding carboxylic acids is 2. The van der Waals surface area contributed by atoms with Crippen molar-refractivity contribution in [1.82, 2.24) is 5.32 Å². The number of ether oxygens (including phenoxy) is 1. The number of para-hydroxylation sites is 1. The summed E-state index contributed by atoms with van der Waals surface area (Å²) in [6, 6.07) is 6.48. The van der Waals surface area contributed by atoms with Gasteiger partial charge in [0.2, 0.25) is 0 Å². The van der Waals surface area contributed by atoms with Gasteiger partial charge in [-0.3, -0.25) is 14.5 Å². The molecule has 2 N–H and O–H groups in total. The van der Waals surface area contributed by atoms with Crippen molar-refractivity contribution in [1.29, 1.82) is 0 Å². The largest absolute Gasteiger partial charge is 0.481 e. The van der Waals surface area contributed by atoms with E-state index in [2.05, 4.69) is 10.1 Å². The van der Waals surface area contributed by atoms with Gasteiger partial charge in [0, 0.05) is 18.8 Å². The number of carboxylic acid groups (broad SMARTS) is 1. The van der Waals surface area contributed by atoms with Crippen LogP contribution in [0.25, 0.3) is 0 Å². The number of fused-ring (bicyclic) bond motifs is 1. The summed E-state index contributed by atoms with van der Waals surface area (Å²) in [6.45, 7) is 0.223. The zero-order valence-corrected chi connectivity index (χ0v) is 11.5. The number of amides is 2. The number of nitrogens with zero attached hydrogens (tertiary/aromatic N) is 1. The molecule has 0 saturated heterocycles. The highest BCUT2D eigenvalue weighted by molar-refractivity contribution is 5.98. The number of carboxylic acids is 1. The highest BCUT2D eigenvalue weighted by Crippen LogP contribution is 2.36. The zero-order chi connectivity index (χ0) is 15.4. The number of rotatable bonds is 4. The minimum atomic E-state index is -0.965. The molecule has 112 valence electrons. The molecule has 0 fully saturated rings. The first kappa shape index (κ1) is 14.8. The van der Waals surface area contributed by atoms with Gasteiger partial charge < -0.3 is 15.2 Å². The molecule has 1 aromatic rings. The van der Waals surface area contributed by atoms with E-state index in [1.165, 1.54) is 12.0 Å². The van der Waals surface area contributed by atoms with E-state index in [0.717, 1.165) is 0 Å². The Bertz CT molecular complexity index is 572. The number of hydrogen-bond donors (Lipinski definition) is 2. The number of carbonyl (C=O) groups is 3. The number of aliphatic carboxylic acids is 1. The maximum atomic E-state index is 12.1. The molecule has 2 amide bonds. The Hall–Kier alpha value is -2.57. The molecule has 1 aromatic carbocycles. The zero-order valence-electron chi connectivity index (χ0n) is 11.5. The monoisotopic (exact) mass is 292 g/mol. The summed E-state index contributed by atoms with van der Waals surface area (Å²) in [7, 11) is 1.28. The summed E-state index contributed by atoms with van der Waals surface area (Å²) in [5.41, 5.74) is 1.20. The number of esters is 1. The number of anilines is 1. The van der Waals surface area contributed by atoms with Gasteiger partial charge in [0.25, 0.3) is 0 Å². The summed E-state index contributed by atoms with van der Waals surface area (Å²) >= 11 is 0. The average Bonchev–Trinajstić information content (AvgIpc) is 2.86. The first-order chi connectivity index (χ1) is 10.0. The second-order valence-electron chi connectivity index (χ2n) is 4.62. The Balaban J connectivity index is 2.06. The molecule has 21 heavy (non-hydrogen) atoms. The molecule has 1 atom stereocenters. The third kappa shape index (κ3) is 3.13. The highest BCUT2D eigenvalue weighted by atomic mass is 16.5. The molecule has 7 heteroatoms. The standard InChI is InChI=1S/C14H16N2O5/c1-21-12(17)6-7-15-14(20)16-8-10(13(18)19)9-4-2-3-5-11(9)16/h2-5,10H,6-8H2,1H3,(H,15,20)(H,18,19). The summed E-state index contributed by atoms with van der Waals surface area (Å²) in [4.78, 5) is 35.7. The Morgan fingerprint density at radius 2 is 2.10 bits per heavy atom. The number of nitrogens with one attached hydrogen (secondary N) is 1. The van der Waals surface area contributed by atoms with Crippen LogP contribution in [-0.2, 0) is 14.3 Å². The molecule has 1 aliphatic rings. The van der Waals surface area contributed by atoms with Gasteiger partial charge >= 0.3 is 18.0 Å². The van der Waals surface area contributed by atoms with E-state index in [0.29, 0.717) is 11.3 Å². The van der Waals surface area contributed by atoms with Crippen LogP contribution in [0.4, 0.5) is 10.5 Å². The van der Waals surface area contributed by atoms with Crippen LogP contribution in [-0.4, -0.2) is 43.3 Å². The molecule has 0 aromatic heterocycles. The number of urea groups is 1. The van der Waals surface area contributed by atoms with Crippen LogP contribution in [0.15, 0.2) is 24.3 Å². The molecule has 0 saturated carbocycles. The summed E-state index contributed by atoms with van der Waals surface area (Å²) in [5.74, 6) is -2.11. The maximum Gasteiger partial charge on any atom is 0.321 e. The van der Waals surface area contributed by atoms with Crippen LogP contribution >= 0.6 is 0 Å². The van der Waals surface area contributed by atoms with E-state index in [4.69, 9.17) is 0 Å². The number of methoxy groups -OCH3 is 1. The lowest BCUT2D eigenvalue weighted by molar-refractivity contribution is -0.140. The lowest BCUT2D eigenvalue weighted by Crippen LogP contribution is -2.40. The lowest BCUT2D eigenvalue weighted by Gasteiger charge is -2.18. The smallest absolute Gasteiger partial charge is 0.321 e. The van der Waals surface area contributed by atoms with Crippen molar-refractivity contribution in [2.45, 2.75) is 12.3 Å². The van der Waals surface area contributed by atoms with Gasteiger partial charge in [-0.1, -0.05) is 18.2 Å². The predicted molar refractivity (Wildman–Crippen MR) is 74.2 cm³/mol. The van der Waals surface area contributed by atoms with E-state index in [1.54, 1.807) is 24.3 Å². The highest BCUT2D eigenvalue weighted by Gasteiger charge is 2.36. The molecule has 2 rings (SSSR count). The normalized spacial score (nSPS) is 16.2. The maximum absolute atomic E-state index is 12.1. The lowest BCUT2D eigenvalue weighted by atomic mass is 10.0. The van der Waals surface area contributed by atoms with Gasteiger partial charge in [0.1, 0.15) is 5.92 Å². The molecule has 0 aliphatic carbocycles. The summed E-state index contributed by atoms with van der Waals surface area (Å²) < 4.78 is 4.48. The van der Waals surface area contributed by atoms with Gasteiger partial charge in [0.15, 0.2) is 0 Å². The van der Waals surface area contributed by atoms with Crippen LogP contribution in [0.5, 0.6) is 0 Å². The first-order valence-electron chi connectivity index (χ1n) is 6.48. The van der Waals surface area contributed by atoms with E-state index >= 15 is 0 Å². The second kappa shape index (κ2) is 6.25. The van der Waals surface area contributed by atoms with Crippen molar-refractivity contribution >= 4 is 23.7 Å². The average molecular weight is 292 g/mol. The van der Waals surface area contributed by atoms with E-state index in [1.807, 2.05) is 0 Å². The predicted octanol–water partition coefficient (Wildman–Crippen LogP) is 0.948. The number of benzene rings is 1. The van der Waals surface area contributed by atoms with Crippen molar-refractivity contribution in [3.63, 3.8) is 0 Å². The quantitative estimate of drug-likeness (QED) is 0.805. The second-order valence-corrected chi connectivity index (χ2v) is 4.62. The van der Waals surface area contributed by atoms with Crippen LogP contribution in [0.3, 0.4) is 0 Å². The molecule has 1 aliphatic heterocycles. The van der Waals surface area contributed by atoms with Crippen molar-refractivity contribution in [2.24, 2.45) is 0 Å². The van der Waals surface area contributed by atoms with Gasteiger partial charge in [-0.2, -0.15) is 0 Å². The molecule has 0 spiro atoms. The number of hydrogen-bond acceptors (Lipinski definition) is 4. The van der Waals surface area contributed by atoms with Crippen molar-refractivity contribution in [3.05, 3.63) is 29.8 Å². The van der Waals surface area contributed by atoms with Crippen molar-refractivity contribution in [2.75, 3.05) is 25.1 Å². The topological polar surface area (TPSA) is 95.9 Å². The summed E-state index contributed by atoms with van der Waals surface area (Å²) in [6.07, 6.45) is 0.0695. The Morgan fingerprint density at radius 3 is 2.76 bits per heavy atom. The first-order valence-corrected chi connectivity index (χ1v) is 6.48. The van der Waals surface area contributed by atoms with Crippen molar-refractivity contribution in [3.8, 4) is 0 Å². The molecule has 0 bridgehead atoms. The molecule has 1 unspecified atom stereocenters.